The Balaban J connectivity index is 1.97. The van der Waals surface area contributed by atoms with Crippen molar-refractivity contribution >= 4 is 21.6 Å². The van der Waals surface area contributed by atoms with E-state index in [2.05, 4.69) is 11.6 Å². The van der Waals surface area contributed by atoms with E-state index < -0.39 is 15.6 Å². The van der Waals surface area contributed by atoms with Crippen molar-refractivity contribution in [2.75, 3.05) is 6.54 Å². The fourth-order valence-corrected chi connectivity index (χ4v) is 3.97. The minimum absolute atomic E-state index is 0.0639. The summed E-state index contributed by atoms with van der Waals surface area (Å²) < 4.78 is 26.9. The topological polar surface area (TPSA) is 66.4 Å². The molecule has 4 nitrogen and oxygen atoms in total. The third kappa shape index (κ3) is 4.42. The quantitative estimate of drug-likeness (QED) is 0.871. The minimum atomic E-state index is -3.60. The Morgan fingerprint density at radius 1 is 1.29 bits per heavy atom. The minimum Gasteiger partial charge on any atom is -0.389 e. The lowest BCUT2D eigenvalue weighted by atomic mass is 9.78. The largest absolute Gasteiger partial charge is 0.389 e. The Hall–Kier alpha value is -0.620. The van der Waals surface area contributed by atoms with Crippen LogP contribution in [0.5, 0.6) is 0 Å². The van der Waals surface area contributed by atoms with Crippen molar-refractivity contribution < 1.29 is 13.5 Å². The lowest BCUT2D eigenvalue weighted by molar-refractivity contribution is -0.00442. The first kappa shape index (κ1) is 16.7. The van der Waals surface area contributed by atoms with Crippen molar-refractivity contribution in [3.8, 4) is 0 Å². The van der Waals surface area contributed by atoms with Crippen LogP contribution in [0.2, 0.25) is 5.02 Å². The number of hydrogen-bond donors (Lipinski definition) is 2. The van der Waals surface area contributed by atoms with Crippen LogP contribution in [0.3, 0.4) is 0 Å². The number of benzene rings is 1. The average Bonchev–Trinajstić information content (AvgIpc) is 2.47. The summed E-state index contributed by atoms with van der Waals surface area (Å²) in [4.78, 5) is 0.165. The predicted octanol–water partition coefficient (Wildman–Crippen LogP) is 2.95. The van der Waals surface area contributed by atoms with Crippen LogP contribution in [-0.2, 0) is 10.0 Å². The molecule has 0 aromatic heterocycles. The van der Waals surface area contributed by atoms with Gasteiger partial charge in [-0.2, -0.15) is 0 Å². The Labute approximate surface area is 131 Å². The number of rotatable bonds is 5. The van der Waals surface area contributed by atoms with Gasteiger partial charge in [0.1, 0.15) is 0 Å². The lowest BCUT2D eigenvalue weighted by Gasteiger charge is -2.35. The first-order chi connectivity index (χ1) is 9.85. The molecule has 6 heteroatoms. The van der Waals surface area contributed by atoms with Gasteiger partial charge in [0.05, 0.1) is 10.5 Å². The van der Waals surface area contributed by atoms with E-state index in [1.807, 2.05) is 0 Å². The van der Waals surface area contributed by atoms with E-state index in [1.54, 1.807) is 0 Å². The van der Waals surface area contributed by atoms with Gasteiger partial charge in [-0.1, -0.05) is 24.9 Å². The third-order valence-electron chi connectivity index (χ3n) is 4.33. The van der Waals surface area contributed by atoms with Gasteiger partial charge in [0, 0.05) is 11.6 Å². The fourth-order valence-electron chi connectivity index (χ4n) is 2.73. The molecule has 2 N–H and O–H groups in total. The van der Waals surface area contributed by atoms with E-state index >= 15 is 0 Å². The predicted molar refractivity (Wildman–Crippen MR) is 83.8 cm³/mol. The highest BCUT2D eigenvalue weighted by Gasteiger charge is 2.33. The van der Waals surface area contributed by atoms with Crippen LogP contribution in [0.1, 0.15) is 39.0 Å². The average molecular weight is 332 g/mol. The molecule has 1 aliphatic rings. The van der Waals surface area contributed by atoms with Crippen LogP contribution in [0.15, 0.2) is 29.2 Å². The van der Waals surface area contributed by atoms with Crippen molar-refractivity contribution in [1.82, 2.24) is 4.72 Å². The molecule has 0 bridgehead atoms. The van der Waals surface area contributed by atoms with Gasteiger partial charge in [0.15, 0.2) is 0 Å². The fraction of sp³-hybridized carbons (Fsp3) is 0.600. The van der Waals surface area contributed by atoms with Crippen LogP contribution in [0, 0.1) is 5.92 Å². The maximum atomic E-state index is 12.2. The Morgan fingerprint density at radius 2 is 1.86 bits per heavy atom. The third-order valence-corrected chi connectivity index (χ3v) is 6.00. The van der Waals surface area contributed by atoms with Crippen LogP contribution in [0.25, 0.3) is 0 Å². The van der Waals surface area contributed by atoms with Crippen molar-refractivity contribution in [3.05, 3.63) is 29.3 Å². The summed E-state index contributed by atoms with van der Waals surface area (Å²) in [5.41, 5.74) is -0.925. The first-order valence-corrected chi connectivity index (χ1v) is 9.18. The zero-order valence-corrected chi connectivity index (χ0v) is 13.8. The van der Waals surface area contributed by atoms with Crippen molar-refractivity contribution in [2.45, 2.75) is 49.5 Å². The van der Waals surface area contributed by atoms with E-state index in [0.717, 1.165) is 19.3 Å². The molecule has 0 heterocycles. The molecule has 1 aliphatic carbocycles. The van der Waals surface area contributed by atoms with E-state index in [0.29, 0.717) is 23.8 Å². The summed E-state index contributed by atoms with van der Waals surface area (Å²) in [7, 11) is -3.60. The van der Waals surface area contributed by atoms with Gasteiger partial charge in [0.2, 0.25) is 10.0 Å². The van der Waals surface area contributed by atoms with Gasteiger partial charge in [-0.25, -0.2) is 13.1 Å². The molecule has 118 valence electrons. The van der Waals surface area contributed by atoms with Crippen LogP contribution < -0.4 is 4.72 Å². The Kier molecular flexibility index (Phi) is 5.30. The van der Waals surface area contributed by atoms with Crippen LogP contribution in [-0.4, -0.2) is 25.7 Å². The molecule has 0 atom stereocenters. The normalized spacial score (nSPS) is 26.7. The van der Waals surface area contributed by atoms with E-state index in [-0.39, 0.29) is 11.4 Å². The number of nitrogens with one attached hydrogen (secondary N) is 1. The van der Waals surface area contributed by atoms with E-state index in [4.69, 9.17) is 11.6 Å². The lowest BCUT2D eigenvalue weighted by Crippen LogP contribution is -2.45. The maximum absolute atomic E-state index is 12.2. The number of hydrogen-bond acceptors (Lipinski definition) is 3. The maximum Gasteiger partial charge on any atom is 0.240 e. The molecule has 0 unspecified atom stereocenters. The van der Waals surface area contributed by atoms with Crippen molar-refractivity contribution in [3.63, 3.8) is 0 Å². The molecule has 1 saturated carbocycles. The number of aliphatic hydroxyl groups is 1. The summed E-state index contributed by atoms with van der Waals surface area (Å²) in [6.45, 7) is 2.21. The zero-order chi connectivity index (χ0) is 15.5. The number of halogens is 1. The van der Waals surface area contributed by atoms with Gasteiger partial charge in [0.25, 0.3) is 0 Å². The molecule has 2 rings (SSSR count). The Bertz CT molecular complexity index is 563. The summed E-state index contributed by atoms with van der Waals surface area (Å²) in [5, 5.41) is 11.0. The highest BCUT2D eigenvalue weighted by molar-refractivity contribution is 7.89. The molecule has 21 heavy (non-hydrogen) atoms. The molecule has 0 radical (unpaired) electrons. The van der Waals surface area contributed by atoms with Gasteiger partial charge >= 0.3 is 0 Å². The van der Waals surface area contributed by atoms with Crippen LogP contribution >= 0.6 is 11.6 Å². The van der Waals surface area contributed by atoms with E-state index in [9.17, 15) is 13.5 Å². The van der Waals surface area contributed by atoms with Gasteiger partial charge in [-0.3, -0.25) is 0 Å². The summed E-state index contributed by atoms with van der Waals surface area (Å²) in [6, 6.07) is 6.00. The van der Waals surface area contributed by atoms with Gasteiger partial charge in [-0.05, 0) is 55.9 Å². The molecule has 0 saturated heterocycles. The summed E-state index contributed by atoms with van der Waals surface area (Å²) in [5.74, 6) is 0.651. The summed E-state index contributed by atoms with van der Waals surface area (Å²) >= 11 is 5.75. The van der Waals surface area contributed by atoms with Gasteiger partial charge < -0.3 is 5.11 Å². The highest BCUT2D eigenvalue weighted by Crippen LogP contribution is 2.33. The smallest absolute Gasteiger partial charge is 0.240 e. The zero-order valence-electron chi connectivity index (χ0n) is 12.2. The first-order valence-electron chi connectivity index (χ1n) is 7.32. The second-order valence-electron chi connectivity index (χ2n) is 5.85. The Morgan fingerprint density at radius 3 is 2.38 bits per heavy atom. The molecular formula is C15H22ClNO3S. The van der Waals surface area contributed by atoms with Gasteiger partial charge in [-0.15, -0.1) is 0 Å². The second-order valence-corrected chi connectivity index (χ2v) is 8.06. The second kappa shape index (κ2) is 6.65. The van der Waals surface area contributed by atoms with E-state index in [1.165, 1.54) is 24.3 Å². The van der Waals surface area contributed by atoms with Crippen molar-refractivity contribution in [1.29, 1.82) is 0 Å². The SMILES string of the molecule is CCC1CCC(O)(CNS(=O)(=O)c2ccc(Cl)cc2)CC1. The molecule has 0 amide bonds. The molecule has 1 fully saturated rings. The standard InChI is InChI=1S/C15H22ClNO3S/c1-2-12-7-9-15(18,10-8-12)11-17-21(19,20)14-5-3-13(16)4-6-14/h3-6,12,17-18H,2,7-11H2,1H3. The molecule has 0 spiro atoms. The van der Waals surface area contributed by atoms with Crippen molar-refractivity contribution in [2.24, 2.45) is 5.92 Å². The molecule has 0 aliphatic heterocycles. The monoisotopic (exact) mass is 331 g/mol. The number of sulfonamides is 1. The van der Waals surface area contributed by atoms with Crippen LogP contribution in [0.4, 0.5) is 0 Å². The highest BCUT2D eigenvalue weighted by atomic mass is 35.5. The molecule has 1 aromatic rings. The summed E-state index contributed by atoms with van der Waals surface area (Å²) in [6.07, 6.45) is 4.32. The molecular weight excluding hydrogens is 310 g/mol. The molecule has 1 aromatic carbocycles.